The molecule has 0 bridgehead atoms. The van der Waals surface area contributed by atoms with Gasteiger partial charge in [-0.15, -0.1) is 0 Å². The van der Waals surface area contributed by atoms with Crippen molar-refractivity contribution >= 4 is 10.0 Å². The van der Waals surface area contributed by atoms with Gasteiger partial charge in [0.1, 0.15) is 0 Å². The lowest BCUT2D eigenvalue weighted by atomic mass is 9.75. The first kappa shape index (κ1) is 25.8. The molecular formula is C33H32N2O2S. The Labute approximate surface area is 226 Å². The maximum Gasteiger partial charge on any atom is 0.271 e. The summed E-state index contributed by atoms with van der Waals surface area (Å²) in [6.45, 7) is 5.20. The van der Waals surface area contributed by atoms with E-state index in [2.05, 4.69) is 60.2 Å². The Morgan fingerprint density at radius 1 is 0.789 bits per heavy atom. The Balaban J connectivity index is 1.53. The molecule has 0 amide bonds. The molecule has 0 spiro atoms. The average molecular weight is 521 g/mol. The number of hydrogen-bond acceptors (Lipinski definition) is 3. The van der Waals surface area contributed by atoms with Crippen molar-refractivity contribution in [1.82, 2.24) is 9.21 Å². The van der Waals surface area contributed by atoms with Gasteiger partial charge in [-0.05, 0) is 55.2 Å². The molecular weight excluding hydrogens is 488 g/mol. The van der Waals surface area contributed by atoms with Crippen molar-refractivity contribution in [1.29, 1.82) is 0 Å². The van der Waals surface area contributed by atoms with Crippen molar-refractivity contribution in [2.24, 2.45) is 0 Å². The molecule has 1 aliphatic heterocycles. The topological polar surface area (TPSA) is 40.6 Å². The van der Waals surface area contributed by atoms with Crippen LogP contribution in [0.4, 0.5) is 0 Å². The van der Waals surface area contributed by atoms with Gasteiger partial charge >= 0.3 is 0 Å². The van der Waals surface area contributed by atoms with Crippen LogP contribution in [-0.2, 0) is 16.6 Å². The molecule has 0 radical (unpaired) electrons. The first-order valence-corrected chi connectivity index (χ1v) is 14.4. The molecule has 3 atom stereocenters. The highest BCUT2D eigenvalue weighted by atomic mass is 32.2. The predicted molar refractivity (Wildman–Crippen MR) is 153 cm³/mol. The largest absolute Gasteiger partial charge is 0.290 e. The summed E-state index contributed by atoms with van der Waals surface area (Å²) in [6.07, 6.45) is 0. The Morgan fingerprint density at radius 3 is 2.00 bits per heavy atom. The molecule has 0 N–H and O–H groups in total. The van der Waals surface area contributed by atoms with E-state index in [-0.39, 0.29) is 29.4 Å². The fraction of sp³-hybridized carbons (Fsp3) is 0.212. The van der Waals surface area contributed by atoms with Gasteiger partial charge in [0, 0.05) is 36.2 Å². The second-order valence-corrected chi connectivity index (χ2v) is 11.7. The normalized spacial score (nSPS) is 19.2. The van der Waals surface area contributed by atoms with E-state index in [4.69, 9.17) is 0 Å². The maximum atomic E-state index is 13.9. The number of rotatable bonds is 7. The number of sulfonamides is 1. The monoisotopic (exact) mass is 520 g/mol. The first-order valence-electron chi connectivity index (χ1n) is 12.9. The van der Waals surface area contributed by atoms with E-state index >= 15 is 0 Å². The van der Waals surface area contributed by atoms with Crippen molar-refractivity contribution in [3.8, 4) is 12.0 Å². The quantitative estimate of drug-likeness (QED) is 0.220. The number of nitrogens with zero attached hydrogens (tertiary/aromatic N) is 2. The standard InChI is InChI=1S/C33H32N2O2S/c1-26-18-20-31(21-19-26)38(36,37)34(23-22-28-12-6-3-7-13-28)25-32-33(30-16-10-5-11-17-30)27(2)35(32)24-29-14-8-4-9-15-29/h3-21,27,32-33H,24-25H2,1-2H3/t27-,32+,33+/m0/s1. The summed E-state index contributed by atoms with van der Waals surface area (Å²) in [4.78, 5) is 2.65. The zero-order chi connectivity index (χ0) is 26.5. The fourth-order valence-corrected chi connectivity index (χ4v) is 6.49. The smallest absolute Gasteiger partial charge is 0.271 e. The summed E-state index contributed by atoms with van der Waals surface area (Å²) in [6, 6.07) is 40.5. The molecule has 0 saturated carbocycles. The summed E-state index contributed by atoms with van der Waals surface area (Å²) in [5.74, 6) is 3.28. The van der Waals surface area contributed by atoms with Gasteiger partial charge in [-0.2, -0.15) is 0 Å². The highest BCUT2D eigenvalue weighted by Crippen LogP contribution is 2.42. The number of aryl methyl sites for hydroxylation is 1. The van der Waals surface area contributed by atoms with Gasteiger partial charge in [0.15, 0.2) is 0 Å². The minimum Gasteiger partial charge on any atom is -0.290 e. The van der Waals surface area contributed by atoms with E-state index in [0.717, 1.165) is 17.7 Å². The predicted octanol–water partition coefficient (Wildman–Crippen LogP) is 6.05. The van der Waals surface area contributed by atoms with Crippen LogP contribution >= 0.6 is 0 Å². The minimum atomic E-state index is -3.85. The molecule has 1 fully saturated rings. The van der Waals surface area contributed by atoms with Crippen LogP contribution in [0.25, 0.3) is 0 Å². The molecule has 1 heterocycles. The van der Waals surface area contributed by atoms with Crippen LogP contribution in [0.15, 0.2) is 120 Å². The number of benzene rings is 4. The molecule has 4 aromatic carbocycles. The molecule has 38 heavy (non-hydrogen) atoms. The SMILES string of the molecule is Cc1ccc(S(=O)(=O)N(C#Cc2ccccc2)C[C@@H]2[C@@H](c3ccccc3)[C@H](C)N2Cc2ccccc2)cc1. The molecule has 4 nitrogen and oxygen atoms in total. The van der Waals surface area contributed by atoms with Crippen molar-refractivity contribution in [3.05, 3.63) is 138 Å². The van der Waals surface area contributed by atoms with Crippen LogP contribution in [0.5, 0.6) is 0 Å². The van der Waals surface area contributed by atoms with Gasteiger partial charge in [-0.1, -0.05) is 96.6 Å². The number of likely N-dealkylation sites (tertiary alicyclic amines) is 1. The van der Waals surface area contributed by atoms with E-state index in [1.54, 1.807) is 12.1 Å². The maximum absolute atomic E-state index is 13.9. The van der Waals surface area contributed by atoms with Gasteiger partial charge in [0.2, 0.25) is 0 Å². The third-order valence-electron chi connectivity index (χ3n) is 7.34. The molecule has 192 valence electrons. The third-order valence-corrected chi connectivity index (χ3v) is 9.02. The van der Waals surface area contributed by atoms with Crippen molar-refractivity contribution < 1.29 is 8.42 Å². The average Bonchev–Trinajstić information content (AvgIpc) is 2.95. The van der Waals surface area contributed by atoms with Gasteiger partial charge in [-0.25, -0.2) is 12.7 Å². The lowest BCUT2D eigenvalue weighted by molar-refractivity contribution is -0.0165. The van der Waals surface area contributed by atoms with Crippen LogP contribution in [0.1, 0.15) is 35.1 Å². The van der Waals surface area contributed by atoms with E-state index in [1.165, 1.54) is 15.4 Å². The third kappa shape index (κ3) is 5.52. The summed E-state index contributed by atoms with van der Waals surface area (Å²) in [5.41, 5.74) is 4.22. The highest BCUT2D eigenvalue weighted by Gasteiger charge is 2.47. The van der Waals surface area contributed by atoms with Crippen molar-refractivity contribution in [3.63, 3.8) is 0 Å². The van der Waals surface area contributed by atoms with E-state index in [9.17, 15) is 8.42 Å². The Morgan fingerprint density at radius 2 is 1.37 bits per heavy atom. The molecule has 5 heteroatoms. The summed E-state index contributed by atoms with van der Waals surface area (Å²) >= 11 is 0. The van der Waals surface area contributed by atoms with Crippen LogP contribution < -0.4 is 0 Å². The van der Waals surface area contributed by atoms with Gasteiger partial charge < -0.3 is 0 Å². The Bertz CT molecular complexity index is 1510. The molecule has 0 unspecified atom stereocenters. The van der Waals surface area contributed by atoms with E-state index in [0.29, 0.717) is 0 Å². The zero-order valence-electron chi connectivity index (χ0n) is 21.7. The summed E-state index contributed by atoms with van der Waals surface area (Å²) in [7, 11) is -3.85. The first-order chi connectivity index (χ1) is 18.4. The van der Waals surface area contributed by atoms with Crippen LogP contribution in [0, 0.1) is 18.9 Å². The second-order valence-electron chi connectivity index (χ2n) is 9.85. The van der Waals surface area contributed by atoms with E-state index < -0.39 is 10.0 Å². The molecule has 0 aliphatic carbocycles. The second kappa shape index (κ2) is 11.3. The number of hydrogen-bond donors (Lipinski definition) is 0. The van der Waals surface area contributed by atoms with Gasteiger partial charge in [0.05, 0.1) is 11.4 Å². The Kier molecular flexibility index (Phi) is 7.64. The molecule has 1 aliphatic rings. The highest BCUT2D eigenvalue weighted by molar-refractivity contribution is 7.89. The van der Waals surface area contributed by atoms with Crippen molar-refractivity contribution in [2.75, 3.05) is 6.54 Å². The van der Waals surface area contributed by atoms with Crippen molar-refractivity contribution in [2.45, 2.75) is 43.3 Å². The molecule has 4 aromatic rings. The summed E-state index contributed by atoms with van der Waals surface area (Å²) in [5, 5.41) is 0. The van der Waals surface area contributed by atoms with Gasteiger partial charge in [0.25, 0.3) is 10.0 Å². The van der Waals surface area contributed by atoms with E-state index in [1.807, 2.05) is 73.7 Å². The van der Waals surface area contributed by atoms with Crippen LogP contribution in [-0.4, -0.2) is 36.3 Å². The Hall–Kier alpha value is -3.85. The molecule has 0 aromatic heterocycles. The lowest BCUT2D eigenvalue weighted by Gasteiger charge is -2.55. The van der Waals surface area contributed by atoms with Gasteiger partial charge in [-0.3, -0.25) is 4.90 Å². The van der Waals surface area contributed by atoms with Crippen LogP contribution in [0.3, 0.4) is 0 Å². The van der Waals surface area contributed by atoms with Crippen LogP contribution in [0.2, 0.25) is 0 Å². The minimum absolute atomic E-state index is 0.0297. The molecule has 1 saturated heterocycles. The fourth-order valence-electron chi connectivity index (χ4n) is 5.24. The molecule has 5 rings (SSSR count). The lowest BCUT2D eigenvalue weighted by Crippen LogP contribution is -2.63. The summed E-state index contributed by atoms with van der Waals surface area (Å²) < 4.78 is 29.2. The zero-order valence-corrected chi connectivity index (χ0v) is 22.6.